The SMILES string of the molecule is CC(=O)N[C@@H]1[C@@H](O[C@@H]2O[C@H](CO)[C@H](O)[C@H](O[C@@H]3O[C@H](CO)[C@@H](O[C@@H]4O[C@H](COS(=O)(=O)O)[C@H](O)[C@H](O)[C@H]4O)[C@H](O)[C@H]3NC(C)=O)[C@H]2O)[C@@H](O)[C@@H](CO[C@@H]2O[C@H](COS(=O)(=O)O)[C@@H](O[C@@H]3O[C@H](CO)[C@H](O)[C@H](O)[C@H]3O)[C@H](O)[C@H]2NC(C)=O)O[C@@H]1O. The van der Waals surface area contributed by atoms with Crippen molar-refractivity contribution in [2.45, 2.75) is 205 Å². The van der Waals surface area contributed by atoms with Crippen LogP contribution < -0.4 is 16.0 Å². The van der Waals surface area contributed by atoms with Crippen LogP contribution in [0.15, 0.2) is 0 Å². The molecule has 0 aromatic heterocycles. The minimum atomic E-state index is -5.31. The molecule has 6 heterocycles. The smallest absolute Gasteiger partial charge is 0.394 e. The van der Waals surface area contributed by atoms with E-state index >= 15 is 0 Å². The number of aliphatic hydroxyl groups is 15. The lowest BCUT2D eigenvalue weighted by Crippen LogP contribution is -2.70. The molecule has 6 rings (SSSR count). The van der Waals surface area contributed by atoms with Gasteiger partial charge < -0.3 is 145 Å². The van der Waals surface area contributed by atoms with E-state index in [0.717, 1.165) is 20.8 Å². The summed E-state index contributed by atoms with van der Waals surface area (Å²) in [6.45, 7) is -3.70. The van der Waals surface area contributed by atoms with Gasteiger partial charge in [0.25, 0.3) is 0 Å². The highest BCUT2D eigenvalue weighted by Gasteiger charge is 2.58. The average Bonchev–Trinajstić information content (AvgIpc) is 1.51. The lowest BCUT2D eigenvalue weighted by atomic mass is 9.94. The number of hydrogen-bond acceptors (Lipinski definition) is 35. The Morgan fingerprint density at radius 3 is 1.21 bits per heavy atom. The predicted molar refractivity (Wildman–Crippen MR) is 255 cm³/mol. The lowest BCUT2D eigenvalue weighted by Gasteiger charge is -2.50. The summed E-state index contributed by atoms with van der Waals surface area (Å²) < 4.78 is 135. The van der Waals surface area contributed by atoms with Crippen molar-refractivity contribution in [1.82, 2.24) is 16.0 Å². The maximum absolute atomic E-state index is 12.6. The molecule has 6 fully saturated rings. The largest absolute Gasteiger partial charge is 0.397 e. The number of carbonyl (C=O) groups excluding carboxylic acids is 3. The van der Waals surface area contributed by atoms with Crippen molar-refractivity contribution >= 4 is 38.5 Å². The Bertz CT molecular complexity index is 2390. The molecule has 0 unspecified atom stereocenters. The van der Waals surface area contributed by atoms with Crippen molar-refractivity contribution in [3.63, 3.8) is 0 Å². The monoisotopic (exact) mass is 1270 g/mol. The minimum Gasteiger partial charge on any atom is -0.394 e. The molecule has 0 aliphatic carbocycles. The maximum Gasteiger partial charge on any atom is 0.397 e. The van der Waals surface area contributed by atoms with Crippen molar-refractivity contribution in [2.24, 2.45) is 0 Å². The normalized spacial score (nSPS) is 45.1. The summed E-state index contributed by atoms with van der Waals surface area (Å²) in [7, 11) is -10.5. The van der Waals surface area contributed by atoms with Gasteiger partial charge >= 0.3 is 20.8 Å². The summed E-state index contributed by atoms with van der Waals surface area (Å²) in [5.41, 5.74) is 0. The average molecular weight is 1270 g/mol. The number of nitrogens with one attached hydrogen (secondary N) is 3. The second-order valence-electron chi connectivity index (χ2n) is 20.1. The summed E-state index contributed by atoms with van der Waals surface area (Å²) in [6, 6.07) is -5.50. The van der Waals surface area contributed by atoms with E-state index in [2.05, 4.69) is 24.3 Å². The highest BCUT2D eigenvalue weighted by Crippen LogP contribution is 2.36. The lowest BCUT2D eigenvalue weighted by molar-refractivity contribution is -0.376. The van der Waals surface area contributed by atoms with Crippen molar-refractivity contribution in [2.75, 3.05) is 39.6 Å². The summed E-state index contributed by atoms with van der Waals surface area (Å²) in [4.78, 5) is 37.6. The van der Waals surface area contributed by atoms with Gasteiger partial charge in [0, 0.05) is 20.8 Å². The molecule has 42 heteroatoms. The molecule has 84 heavy (non-hydrogen) atoms. The molecular formula is C42H71N3O37S2. The Kier molecular flexibility index (Phi) is 24.8. The molecule has 0 radical (unpaired) electrons. The van der Waals surface area contributed by atoms with Gasteiger partial charge in [0.2, 0.25) is 17.7 Å². The summed E-state index contributed by atoms with van der Waals surface area (Å²) >= 11 is 0. The van der Waals surface area contributed by atoms with Crippen LogP contribution in [-0.2, 0) is 95.7 Å². The fourth-order valence-electron chi connectivity index (χ4n) is 9.90. The van der Waals surface area contributed by atoms with Crippen molar-refractivity contribution in [3.8, 4) is 0 Å². The van der Waals surface area contributed by atoms with Gasteiger partial charge in [-0.25, -0.2) is 8.37 Å². The van der Waals surface area contributed by atoms with E-state index in [9.17, 15) is 112 Å². The van der Waals surface area contributed by atoms with Crippen molar-refractivity contribution < 1.29 is 177 Å². The molecule has 6 aliphatic rings. The van der Waals surface area contributed by atoms with Crippen LogP contribution in [0, 0.1) is 0 Å². The first kappa shape index (κ1) is 70.2. The van der Waals surface area contributed by atoms with Crippen LogP contribution in [0.1, 0.15) is 20.8 Å². The Hall–Kier alpha value is -2.89. The second-order valence-corrected chi connectivity index (χ2v) is 22.2. The van der Waals surface area contributed by atoms with Gasteiger partial charge in [-0.15, -0.1) is 0 Å². The fourth-order valence-corrected chi connectivity index (χ4v) is 10.5. The van der Waals surface area contributed by atoms with E-state index in [0.29, 0.717) is 0 Å². The zero-order chi connectivity index (χ0) is 62.6. The Labute approximate surface area is 475 Å². The van der Waals surface area contributed by atoms with E-state index < -0.39 is 262 Å². The molecule has 0 aromatic rings. The molecular weight excluding hydrogens is 1200 g/mol. The molecule has 0 saturated carbocycles. The first-order chi connectivity index (χ1) is 39.2. The number of carbonyl (C=O) groups is 3. The van der Waals surface area contributed by atoms with Gasteiger partial charge in [-0.05, 0) is 0 Å². The van der Waals surface area contributed by atoms with Gasteiger partial charge in [-0.3, -0.25) is 23.5 Å². The Morgan fingerprint density at radius 1 is 0.369 bits per heavy atom. The van der Waals surface area contributed by atoms with Crippen LogP contribution in [0.3, 0.4) is 0 Å². The third-order valence-corrected chi connectivity index (χ3v) is 14.9. The third kappa shape index (κ3) is 17.1. The van der Waals surface area contributed by atoms with Crippen LogP contribution in [0.4, 0.5) is 0 Å². The maximum atomic E-state index is 12.6. The number of amides is 3. The zero-order valence-corrected chi connectivity index (χ0v) is 45.8. The van der Waals surface area contributed by atoms with E-state index in [1.54, 1.807) is 0 Å². The van der Waals surface area contributed by atoms with Gasteiger partial charge in [0.15, 0.2) is 37.7 Å². The molecule has 488 valence electrons. The molecule has 20 N–H and O–H groups in total. The minimum absolute atomic E-state index is 0.892. The first-order valence-electron chi connectivity index (χ1n) is 25.4. The van der Waals surface area contributed by atoms with E-state index in [-0.39, 0.29) is 0 Å². The van der Waals surface area contributed by atoms with Gasteiger partial charge in [-0.1, -0.05) is 0 Å². The second kappa shape index (κ2) is 29.6. The van der Waals surface area contributed by atoms with Gasteiger partial charge in [-0.2, -0.15) is 16.8 Å². The molecule has 0 aromatic carbocycles. The Balaban J connectivity index is 1.22. The molecule has 30 atom stereocenters. The predicted octanol–water partition coefficient (Wildman–Crippen LogP) is -14.0. The van der Waals surface area contributed by atoms with Gasteiger partial charge in [0.05, 0.1) is 39.6 Å². The van der Waals surface area contributed by atoms with Gasteiger partial charge in [0.1, 0.15) is 146 Å². The van der Waals surface area contributed by atoms with E-state index in [1.165, 1.54) is 0 Å². The summed E-state index contributed by atoms with van der Waals surface area (Å²) in [6.07, 6.45) is -54.9. The van der Waals surface area contributed by atoms with Crippen LogP contribution in [0.5, 0.6) is 0 Å². The topological polar surface area (TPSA) is 619 Å². The highest BCUT2D eigenvalue weighted by molar-refractivity contribution is 7.81. The fraction of sp³-hybridized carbons (Fsp3) is 0.929. The number of rotatable bonds is 23. The van der Waals surface area contributed by atoms with Crippen molar-refractivity contribution in [3.05, 3.63) is 0 Å². The van der Waals surface area contributed by atoms with Crippen molar-refractivity contribution in [1.29, 1.82) is 0 Å². The number of hydrogen-bond donors (Lipinski definition) is 20. The van der Waals surface area contributed by atoms with Crippen LogP contribution in [0.25, 0.3) is 0 Å². The highest BCUT2D eigenvalue weighted by atomic mass is 32.3. The molecule has 0 bridgehead atoms. The molecule has 0 spiro atoms. The third-order valence-electron chi connectivity index (χ3n) is 14.0. The Morgan fingerprint density at radius 2 is 0.726 bits per heavy atom. The van der Waals surface area contributed by atoms with Crippen LogP contribution in [-0.4, -0.2) is 344 Å². The molecule has 6 saturated heterocycles. The molecule has 3 amide bonds. The standard InChI is InChI=1S/C42H71N3O37S2/c1-10(49)43-19-26(56)34(80-40-30(60)28(58)22(52)13(4-46)74-40)18(9-72-84(67,68)69)78-38(19)70-7-16-25(55)35(21(37(63)73-16)45-12(3)51)81-42-32(62)36(24(54)14(5-47)75-42)82-39-20(44-11(2)50)27(57)33(15(6-48)76-39)79-41-31(61)29(59)23(53)17(77-41)8-71-83(64,65)66/h13-42,46-48,52-63H,4-9H2,1-3H3,(H,43,49)(H,44,50)(H,45,51)(H,64,65,66)(H,67,68,69)/t13-,14-,15-,16-,17-,18-,19-,20-,21-,22+,23+,24+,25+,26-,27-,28+,29+,30-,31-,32-,33-,34-,35-,36+,37+,38-,39+,40+,41+,42+/m1/s1. The molecule has 40 nitrogen and oxygen atoms in total. The summed E-state index contributed by atoms with van der Waals surface area (Å²) in [5, 5.41) is 170. The quantitative estimate of drug-likeness (QED) is 0.0422. The number of aliphatic hydroxyl groups excluding tert-OH is 15. The molecule has 6 aliphatic heterocycles. The summed E-state index contributed by atoms with van der Waals surface area (Å²) in [5.74, 6) is -2.71. The number of ether oxygens (including phenoxy) is 11. The van der Waals surface area contributed by atoms with E-state index in [1.807, 2.05) is 0 Å². The van der Waals surface area contributed by atoms with Crippen LogP contribution >= 0.6 is 0 Å². The van der Waals surface area contributed by atoms with E-state index in [4.69, 9.17) is 56.7 Å². The zero-order valence-electron chi connectivity index (χ0n) is 44.1. The first-order valence-corrected chi connectivity index (χ1v) is 28.1. The van der Waals surface area contributed by atoms with Crippen LogP contribution in [0.2, 0.25) is 0 Å².